The van der Waals surface area contributed by atoms with Crippen LogP contribution in [0, 0.1) is 0 Å². The van der Waals surface area contributed by atoms with Crippen molar-refractivity contribution in [1.29, 1.82) is 0 Å². The number of amides is 2. The van der Waals surface area contributed by atoms with Crippen LogP contribution in [0.3, 0.4) is 0 Å². The molecule has 1 aromatic carbocycles. The summed E-state index contributed by atoms with van der Waals surface area (Å²) in [7, 11) is 0. The molecule has 2 aromatic rings. The molecule has 0 aliphatic rings. The van der Waals surface area contributed by atoms with Gasteiger partial charge in [0, 0.05) is 28.3 Å². The molecule has 0 saturated heterocycles. The number of carbonyl (C=O) groups is 2. The van der Waals surface area contributed by atoms with Crippen LogP contribution in [0.2, 0.25) is 5.02 Å². The number of anilines is 1. The first-order valence-corrected chi connectivity index (χ1v) is 8.69. The van der Waals surface area contributed by atoms with E-state index in [0.29, 0.717) is 20.7 Å². The van der Waals surface area contributed by atoms with E-state index >= 15 is 0 Å². The van der Waals surface area contributed by atoms with Crippen LogP contribution in [0.4, 0.5) is 5.69 Å². The number of carbonyl (C=O) groups excluding carboxylic acids is 2. The average Bonchev–Trinajstić information content (AvgIpc) is 2.52. The van der Waals surface area contributed by atoms with Crippen molar-refractivity contribution in [3.63, 3.8) is 0 Å². The maximum absolute atomic E-state index is 12.2. The van der Waals surface area contributed by atoms with Crippen LogP contribution in [0.5, 0.6) is 0 Å². The zero-order valence-electron chi connectivity index (χ0n) is 13.7. The Morgan fingerprint density at radius 2 is 1.96 bits per heavy atom. The van der Waals surface area contributed by atoms with Crippen LogP contribution >= 0.6 is 27.5 Å². The Kier molecular flexibility index (Phi) is 6.39. The first-order chi connectivity index (χ1) is 11.8. The summed E-state index contributed by atoms with van der Waals surface area (Å²) in [5, 5.41) is 5.70. The molecule has 2 rings (SSSR count). The quantitative estimate of drug-likeness (QED) is 0.771. The second kappa shape index (κ2) is 8.31. The molecule has 25 heavy (non-hydrogen) atoms. The second-order valence-corrected chi connectivity index (χ2v) is 7.01. The Bertz CT molecular complexity index is 864. The number of halogens is 2. The fourth-order valence-corrected chi connectivity index (χ4v) is 2.62. The molecule has 6 nitrogen and oxygen atoms in total. The third-order valence-corrected chi connectivity index (χ3v) is 3.98. The van der Waals surface area contributed by atoms with E-state index in [2.05, 4.69) is 26.6 Å². The Balaban J connectivity index is 2.16. The van der Waals surface area contributed by atoms with Crippen molar-refractivity contribution in [3.05, 3.63) is 61.9 Å². The standard InChI is InChI=1S/C17H17BrClN3O3/c1-10(2)20-17(25)11-3-5-13(19)14(7-11)21-15(23)9-22-8-12(18)4-6-16(22)24/h3-8,10H,9H2,1-2H3,(H,20,25)(H,21,23). The van der Waals surface area contributed by atoms with Gasteiger partial charge in [0.05, 0.1) is 10.7 Å². The molecule has 0 aliphatic heterocycles. The van der Waals surface area contributed by atoms with Gasteiger partial charge in [-0.05, 0) is 54.0 Å². The fourth-order valence-electron chi connectivity index (χ4n) is 2.08. The maximum Gasteiger partial charge on any atom is 0.251 e. The molecular formula is C17H17BrClN3O3. The summed E-state index contributed by atoms with van der Waals surface area (Å²) in [6.45, 7) is 3.54. The van der Waals surface area contributed by atoms with E-state index in [9.17, 15) is 14.4 Å². The lowest BCUT2D eigenvalue weighted by molar-refractivity contribution is -0.116. The third kappa shape index (κ3) is 5.44. The highest BCUT2D eigenvalue weighted by molar-refractivity contribution is 9.10. The van der Waals surface area contributed by atoms with Gasteiger partial charge in [0.2, 0.25) is 5.91 Å². The summed E-state index contributed by atoms with van der Waals surface area (Å²) < 4.78 is 1.95. The topological polar surface area (TPSA) is 80.2 Å². The van der Waals surface area contributed by atoms with Crippen molar-refractivity contribution < 1.29 is 9.59 Å². The molecule has 2 amide bonds. The molecule has 0 unspecified atom stereocenters. The second-order valence-electron chi connectivity index (χ2n) is 5.68. The summed E-state index contributed by atoms with van der Waals surface area (Å²) in [6, 6.07) is 7.57. The lowest BCUT2D eigenvalue weighted by atomic mass is 10.1. The molecule has 8 heteroatoms. The Labute approximate surface area is 158 Å². The Hall–Kier alpha value is -2.12. The number of hydrogen-bond donors (Lipinski definition) is 2. The van der Waals surface area contributed by atoms with Crippen molar-refractivity contribution in [2.24, 2.45) is 0 Å². The zero-order valence-corrected chi connectivity index (χ0v) is 16.0. The third-order valence-electron chi connectivity index (χ3n) is 3.18. The summed E-state index contributed by atoms with van der Waals surface area (Å²) in [6.07, 6.45) is 1.52. The number of nitrogens with one attached hydrogen (secondary N) is 2. The van der Waals surface area contributed by atoms with Gasteiger partial charge in [0.15, 0.2) is 0 Å². The monoisotopic (exact) mass is 425 g/mol. The minimum atomic E-state index is -0.427. The fraction of sp³-hybridized carbons (Fsp3) is 0.235. The average molecular weight is 427 g/mol. The molecule has 1 aromatic heterocycles. The summed E-state index contributed by atoms with van der Waals surface area (Å²) in [5.74, 6) is -0.686. The number of rotatable bonds is 5. The highest BCUT2D eigenvalue weighted by Crippen LogP contribution is 2.23. The smallest absolute Gasteiger partial charge is 0.251 e. The molecule has 0 atom stereocenters. The maximum atomic E-state index is 12.2. The van der Waals surface area contributed by atoms with Crippen molar-refractivity contribution in [1.82, 2.24) is 9.88 Å². The minimum absolute atomic E-state index is 0.00961. The largest absolute Gasteiger partial charge is 0.350 e. The van der Waals surface area contributed by atoms with Crippen LogP contribution in [0.25, 0.3) is 0 Å². The molecule has 0 aliphatic carbocycles. The predicted molar refractivity (Wildman–Crippen MR) is 101 cm³/mol. The molecular weight excluding hydrogens is 410 g/mol. The van der Waals surface area contributed by atoms with Gasteiger partial charge >= 0.3 is 0 Å². The minimum Gasteiger partial charge on any atom is -0.350 e. The van der Waals surface area contributed by atoms with Gasteiger partial charge in [-0.25, -0.2) is 0 Å². The van der Waals surface area contributed by atoms with Gasteiger partial charge in [-0.2, -0.15) is 0 Å². The van der Waals surface area contributed by atoms with Gasteiger partial charge in [0.25, 0.3) is 11.5 Å². The number of hydrogen-bond acceptors (Lipinski definition) is 3. The van der Waals surface area contributed by atoms with Crippen LogP contribution < -0.4 is 16.2 Å². The van der Waals surface area contributed by atoms with Crippen LogP contribution in [-0.2, 0) is 11.3 Å². The SMILES string of the molecule is CC(C)NC(=O)c1ccc(Cl)c(NC(=O)Cn2cc(Br)ccc2=O)c1. The van der Waals surface area contributed by atoms with E-state index < -0.39 is 5.91 Å². The van der Waals surface area contributed by atoms with Crippen molar-refractivity contribution >= 4 is 45.0 Å². The molecule has 2 N–H and O–H groups in total. The highest BCUT2D eigenvalue weighted by Gasteiger charge is 2.12. The molecule has 0 fully saturated rings. The predicted octanol–water partition coefficient (Wildman–Crippen LogP) is 3.04. The Morgan fingerprint density at radius 3 is 2.64 bits per heavy atom. The van der Waals surface area contributed by atoms with Gasteiger partial charge < -0.3 is 15.2 Å². The summed E-state index contributed by atoms with van der Waals surface area (Å²) >= 11 is 9.34. The van der Waals surface area contributed by atoms with Crippen molar-refractivity contribution in [3.8, 4) is 0 Å². The van der Waals surface area contributed by atoms with Crippen LogP contribution in [0.15, 0.2) is 45.8 Å². The summed E-state index contributed by atoms with van der Waals surface area (Å²) in [4.78, 5) is 36.0. The van der Waals surface area contributed by atoms with Crippen LogP contribution in [-0.4, -0.2) is 22.4 Å². The molecule has 132 valence electrons. The zero-order chi connectivity index (χ0) is 18.6. The van der Waals surface area contributed by atoms with Gasteiger partial charge in [-0.15, -0.1) is 0 Å². The number of benzene rings is 1. The molecule has 1 heterocycles. The lowest BCUT2D eigenvalue weighted by Gasteiger charge is -2.12. The molecule has 0 bridgehead atoms. The highest BCUT2D eigenvalue weighted by atomic mass is 79.9. The number of pyridine rings is 1. The molecule has 0 saturated carbocycles. The van der Waals surface area contributed by atoms with Crippen molar-refractivity contribution in [2.75, 3.05) is 5.32 Å². The molecule has 0 spiro atoms. The van der Waals surface area contributed by atoms with E-state index in [1.54, 1.807) is 12.1 Å². The van der Waals surface area contributed by atoms with Gasteiger partial charge in [-0.3, -0.25) is 14.4 Å². The molecule has 0 radical (unpaired) electrons. The van der Waals surface area contributed by atoms with Gasteiger partial charge in [0.1, 0.15) is 6.54 Å². The number of nitrogens with zero attached hydrogens (tertiary/aromatic N) is 1. The first-order valence-electron chi connectivity index (χ1n) is 7.52. The van der Waals surface area contributed by atoms with E-state index in [1.807, 2.05) is 13.8 Å². The normalized spacial score (nSPS) is 10.6. The van der Waals surface area contributed by atoms with Gasteiger partial charge in [-0.1, -0.05) is 11.6 Å². The van der Waals surface area contributed by atoms with Crippen LogP contribution in [0.1, 0.15) is 24.2 Å². The number of aromatic nitrogens is 1. The Morgan fingerprint density at radius 1 is 1.24 bits per heavy atom. The first kappa shape index (κ1) is 19.2. The van der Waals surface area contributed by atoms with E-state index in [0.717, 1.165) is 0 Å². The van der Waals surface area contributed by atoms with E-state index in [-0.39, 0.29) is 24.1 Å². The lowest BCUT2D eigenvalue weighted by Crippen LogP contribution is -2.30. The van der Waals surface area contributed by atoms with E-state index in [4.69, 9.17) is 11.6 Å². The summed E-state index contributed by atoms with van der Waals surface area (Å²) in [5.41, 5.74) is 0.397. The van der Waals surface area contributed by atoms with E-state index in [1.165, 1.54) is 29.0 Å². The van der Waals surface area contributed by atoms with Crippen molar-refractivity contribution in [2.45, 2.75) is 26.4 Å².